The molecule has 18 heavy (non-hydrogen) atoms. The van der Waals surface area contributed by atoms with E-state index in [2.05, 4.69) is 0 Å². The normalized spacial score (nSPS) is 23.4. The summed E-state index contributed by atoms with van der Waals surface area (Å²) >= 11 is 0. The monoisotopic (exact) mass is 247 g/mol. The predicted molar refractivity (Wildman–Crippen MR) is 67.0 cm³/mol. The number of rotatable bonds is 3. The number of carboxylic acids is 1. The van der Waals surface area contributed by atoms with E-state index in [1.807, 2.05) is 38.1 Å². The molecule has 1 unspecified atom stereocenters. The van der Waals surface area contributed by atoms with E-state index < -0.39 is 11.9 Å². The average Bonchev–Trinajstić information content (AvgIpc) is 2.67. The lowest BCUT2D eigenvalue weighted by Crippen LogP contribution is -2.30. The maximum absolute atomic E-state index is 11.9. The van der Waals surface area contributed by atoms with Crippen LogP contribution in [0.3, 0.4) is 0 Å². The molecule has 0 aromatic heterocycles. The number of nitrogens with zero attached hydrogens (tertiary/aromatic N) is 1. The number of carbonyl (C=O) groups is 2. The van der Waals surface area contributed by atoms with Gasteiger partial charge in [0.05, 0.1) is 12.0 Å². The fraction of sp³-hybridized carbons (Fsp3) is 0.429. The third-order valence-corrected chi connectivity index (χ3v) is 3.60. The number of carbonyl (C=O) groups excluding carboxylic acids is 1. The molecule has 2 atom stereocenters. The quantitative estimate of drug-likeness (QED) is 0.888. The highest BCUT2D eigenvalue weighted by Gasteiger charge is 2.44. The minimum absolute atomic E-state index is 0.0712. The van der Waals surface area contributed by atoms with Gasteiger partial charge in [-0.15, -0.1) is 0 Å². The standard InChI is InChI=1S/C14H17NO3/c1-3-15-12(16)8-11(14(17)18)13(15)10-7-5-4-6-9(10)2/h4-7,11,13H,3,8H2,1-2H3,(H,17,18)/t11-,13?/m1/s1. The zero-order valence-electron chi connectivity index (χ0n) is 10.6. The van der Waals surface area contributed by atoms with Crippen molar-refractivity contribution in [2.75, 3.05) is 6.54 Å². The summed E-state index contributed by atoms with van der Waals surface area (Å²) in [5.74, 6) is -1.61. The summed E-state index contributed by atoms with van der Waals surface area (Å²) in [6.07, 6.45) is 0.0994. The Labute approximate surface area is 106 Å². The summed E-state index contributed by atoms with van der Waals surface area (Å²) in [4.78, 5) is 24.9. The second-order valence-electron chi connectivity index (χ2n) is 4.63. The molecule has 0 saturated carbocycles. The maximum atomic E-state index is 11.9. The van der Waals surface area contributed by atoms with Crippen molar-refractivity contribution in [3.8, 4) is 0 Å². The number of hydrogen-bond donors (Lipinski definition) is 1. The minimum atomic E-state index is -0.896. The third kappa shape index (κ3) is 1.98. The Hall–Kier alpha value is -1.84. The Bertz CT molecular complexity index is 484. The minimum Gasteiger partial charge on any atom is -0.481 e. The van der Waals surface area contributed by atoms with Gasteiger partial charge in [0.2, 0.25) is 5.91 Å². The van der Waals surface area contributed by atoms with Gasteiger partial charge >= 0.3 is 5.97 Å². The van der Waals surface area contributed by atoms with Crippen molar-refractivity contribution < 1.29 is 14.7 Å². The summed E-state index contributed by atoms with van der Waals surface area (Å²) in [7, 11) is 0. The molecule has 1 aliphatic rings. The second-order valence-corrected chi connectivity index (χ2v) is 4.63. The Morgan fingerprint density at radius 1 is 1.44 bits per heavy atom. The van der Waals surface area contributed by atoms with Gasteiger partial charge in [-0.05, 0) is 25.0 Å². The molecule has 0 bridgehead atoms. The Morgan fingerprint density at radius 3 is 2.67 bits per heavy atom. The van der Waals surface area contributed by atoms with Crippen LogP contribution < -0.4 is 0 Å². The molecule has 4 nitrogen and oxygen atoms in total. The topological polar surface area (TPSA) is 57.6 Å². The van der Waals surface area contributed by atoms with E-state index in [4.69, 9.17) is 0 Å². The molecule has 1 heterocycles. The number of amides is 1. The van der Waals surface area contributed by atoms with Gasteiger partial charge in [-0.2, -0.15) is 0 Å². The average molecular weight is 247 g/mol. The van der Waals surface area contributed by atoms with Crippen molar-refractivity contribution in [1.29, 1.82) is 0 Å². The second kappa shape index (κ2) is 4.80. The van der Waals surface area contributed by atoms with Crippen LogP contribution in [-0.2, 0) is 9.59 Å². The molecule has 1 aromatic carbocycles. The van der Waals surface area contributed by atoms with E-state index in [0.717, 1.165) is 11.1 Å². The van der Waals surface area contributed by atoms with Crippen LogP contribution in [0.2, 0.25) is 0 Å². The lowest BCUT2D eigenvalue weighted by atomic mass is 9.91. The molecule has 1 aliphatic heterocycles. The fourth-order valence-electron chi connectivity index (χ4n) is 2.69. The van der Waals surface area contributed by atoms with Crippen LogP contribution in [0.15, 0.2) is 24.3 Å². The van der Waals surface area contributed by atoms with Gasteiger partial charge in [0.1, 0.15) is 0 Å². The van der Waals surface area contributed by atoms with E-state index >= 15 is 0 Å². The molecule has 0 radical (unpaired) electrons. The van der Waals surface area contributed by atoms with Gasteiger partial charge in [-0.3, -0.25) is 9.59 Å². The summed E-state index contributed by atoms with van der Waals surface area (Å²) in [5, 5.41) is 9.29. The van der Waals surface area contributed by atoms with Gasteiger partial charge in [0.25, 0.3) is 0 Å². The molecule has 1 N–H and O–H groups in total. The van der Waals surface area contributed by atoms with Gasteiger partial charge in [0.15, 0.2) is 0 Å². The van der Waals surface area contributed by atoms with Crippen LogP contribution in [0, 0.1) is 12.8 Å². The van der Waals surface area contributed by atoms with Gasteiger partial charge in [-0.1, -0.05) is 24.3 Å². The number of carboxylic acid groups (broad SMARTS) is 1. The highest BCUT2D eigenvalue weighted by atomic mass is 16.4. The third-order valence-electron chi connectivity index (χ3n) is 3.60. The van der Waals surface area contributed by atoms with Gasteiger partial charge in [-0.25, -0.2) is 0 Å². The summed E-state index contributed by atoms with van der Waals surface area (Å²) < 4.78 is 0. The van der Waals surface area contributed by atoms with Gasteiger partial charge in [0, 0.05) is 13.0 Å². The first kappa shape index (κ1) is 12.6. The molecule has 1 fully saturated rings. The first-order valence-corrected chi connectivity index (χ1v) is 6.14. The van der Waals surface area contributed by atoms with Gasteiger partial charge < -0.3 is 10.0 Å². The lowest BCUT2D eigenvalue weighted by molar-refractivity contribution is -0.142. The lowest BCUT2D eigenvalue weighted by Gasteiger charge is -2.27. The molecule has 1 aromatic rings. The van der Waals surface area contributed by atoms with E-state index in [0.29, 0.717) is 6.54 Å². The molecule has 0 aliphatic carbocycles. The number of aryl methyl sites for hydroxylation is 1. The molecular formula is C14H17NO3. The van der Waals surface area contributed by atoms with E-state index in [-0.39, 0.29) is 18.4 Å². The molecule has 1 saturated heterocycles. The summed E-state index contributed by atoms with van der Waals surface area (Å²) in [5.41, 5.74) is 1.97. The number of likely N-dealkylation sites (tertiary alicyclic amines) is 1. The zero-order valence-corrected chi connectivity index (χ0v) is 10.6. The predicted octanol–water partition coefficient (Wildman–Crippen LogP) is 1.99. The van der Waals surface area contributed by atoms with Crippen LogP contribution in [-0.4, -0.2) is 28.4 Å². The van der Waals surface area contributed by atoms with E-state index in [1.165, 1.54) is 0 Å². The number of aliphatic carboxylic acids is 1. The number of hydrogen-bond acceptors (Lipinski definition) is 2. The fourth-order valence-corrected chi connectivity index (χ4v) is 2.69. The van der Waals surface area contributed by atoms with Crippen molar-refractivity contribution in [1.82, 2.24) is 4.90 Å². The van der Waals surface area contributed by atoms with E-state index in [9.17, 15) is 14.7 Å². The number of benzene rings is 1. The zero-order chi connectivity index (χ0) is 13.3. The molecule has 0 spiro atoms. The van der Waals surface area contributed by atoms with Crippen molar-refractivity contribution in [3.05, 3.63) is 35.4 Å². The smallest absolute Gasteiger partial charge is 0.309 e. The molecular weight excluding hydrogens is 230 g/mol. The molecule has 2 rings (SSSR count). The maximum Gasteiger partial charge on any atom is 0.309 e. The van der Waals surface area contributed by atoms with Crippen LogP contribution in [0.1, 0.15) is 30.5 Å². The largest absolute Gasteiger partial charge is 0.481 e. The SMILES string of the molecule is CCN1C(=O)C[C@@H](C(=O)O)C1c1ccccc1C. The van der Waals surface area contributed by atoms with Crippen molar-refractivity contribution in [3.63, 3.8) is 0 Å². The first-order chi connectivity index (χ1) is 8.56. The highest BCUT2D eigenvalue weighted by Crippen LogP contribution is 2.39. The Morgan fingerprint density at radius 2 is 2.11 bits per heavy atom. The van der Waals surface area contributed by atoms with Crippen LogP contribution in [0.25, 0.3) is 0 Å². The molecule has 4 heteroatoms. The first-order valence-electron chi connectivity index (χ1n) is 6.14. The van der Waals surface area contributed by atoms with Crippen LogP contribution in [0.5, 0.6) is 0 Å². The van der Waals surface area contributed by atoms with Crippen molar-refractivity contribution in [2.45, 2.75) is 26.3 Å². The summed E-state index contributed by atoms with van der Waals surface area (Å²) in [6.45, 7) is 4.37. The Kier molecular flexibility index (Phi) is 3.36. The van der Waals surface area contributed by atoms with Crippen molar-refractivity contribution in [2.24, 2.45) is 5.92 Å². The highest BCUT2D eigenvalue weighted by molar-refractivity contribution is 5.87. The van der Waals surface area contributed by atoms with Crippen LogP contribution >= 0.6 is 0 Å². The van der Waals surface area contributed by atoms with Crippen LogP contribution in [0.4, 0.5) is 0 Å². The molecule has 1 amide bonds. The Balaban J connectivity index is 2.46. The molecule has 96 valence electrons. The van der Waals surface area contributed by atoms with E-state index in [1.54, 1.807) is 4.90 Å². The van der Waals surface area contributed by atoms with Crippen molar-refractivity contribution >= 4 is 11.9 Å². The summed E-state index contributed by atoms with van der Waals surface area (Å²) in [6, 6.07) is 7.34.